The van der Waals surface area contributed by atoms with E-state index in [2.05, 4.69) is 10.6 Å². The molecule has 0 aliphatic rings. The first-order chi connectivity index (χ1) is 10.6. The van der Waals surface area contributed by atoms with Crippen LogP contribution in [0.4, 0.5) is 5.69 Å². The molecular weight excluding hydrogens is 300 g/mol. The van der Waals surface area contributed by atoms with Gasteiger partial charge >= 0.3 is 0 Å². The molecule has 2 aromatic rings. The van der Waals surface area contributed by atoms with Gasteiger partial charge in [0.1, 0.15) is 5.75 Å². The molecule has 1 amide bonds. The second-order valence-electron chi connectivity index (χ2n) is 4.95. The maximum absolute atomic E-state index is 12.0. The molecule has 2 aromatic carbocycles. The summed E-state index contributed by atoms with van der Waals surface area (Å²) in [5, 5.41) is 6.61. The van der Waals surface area contributed by atoms with Gasteiger partial charge in [0.15, 0.2) is 0 Å². The van der Waals surface area contributed by atoms with E-state index in [4.69, 9.17) is 16.3 Å². The Hall–Kier alpha value is -2.04. The number of aryl methyl sites for hydroxylation is 1. The summed E-state index contributed by atoms with van der Waals surface area (Å²) < 4.78 is 5.24. The van der Waals surface area contributed by atoms with Gasteiger partial charge in [0, 0.05) is 11.6 Å². The van der Waals surface area contributed by atoms with Crippen LogP contribution in [0.15, 0.2) is 42.5 Å². The number of halogens is 1. The zero-order chi connectivity index (χ0) is 15.9. The fraction of sp³-hybridized carbons (Fsp3) is 0.235. The highest BCUT2D eigenvalue weighted by Gasteiger charge is 2.08. The quantitative estimate of drug-likeness (QED) is 0.858. The summed E-state index contributed by atoms with van der Waals surface area (Å²) in [5.41, 5.74) is 2.69. The molecule has 0 aromatic heterocycles. The summed E-state index contributed by atoms with van der Waals surface area (Å²) in [5.74, 6) is 0.515. The first-order valence-electron chi connectivity index (χ1n) is 6.99. The van der Waals surface area contributed by atoms with E-state index in [1.165, 1.54) is 0 Å². The molecule has 0 saturated carbocycles. The van der Waals surface area contributed by atoms with Crippen LogP contribution in [-0.4, -0.2) is 19.6 Å². The molecule has 0 unspecified atom stereocenters. The van der Waals surface area contributed by atoms with E-state index < -0.39 is 0 Å². The van der Waals surface area contributed by atoms with Gasteiger partial charge in [0.05, 0.1) is 19.3 Å². The van der Waals surface area contributed by atoms with Gasteiger partial charge in [-0.05, 0) is 36.2 Å². The predicted molar refractivity (Wildman–Crippen MR) is 89.5 cm³/mol. The van der Waals surface area contributed by atoms with Crippen molar-refractivity contribution in [3.05, 3.63) is 58.6 Å². The van der Waals surface area contributed by atoms with Crippen molar-refractivity contribution < 1.29 is 9.53 Å². The lowest BCUT2D eigenvalue weighted by atomic mass is 10.2. The Morgan fingerprint density at radius 2 is 2.00 bits per heavy atom. The van der Waals surface area contributed by atoms with Crippen LogP contribution in [-0.2, 0) is 11.3 Å². The van der Waals surface area contributed by atoms with Gasteiger partial charge in [0.25, 0.3) is 0 Å². The molecule has 5 heteroatoms. The first-order valence-corrected chi connectivity index (χ1v) is 7.36. The molecule has 0 atom stereocenters. The average molecular weight is 319 g/mol. The van der Waals surface area contributed by atoms with Crippen molar-refractivity contribution in [2.75, 3.05) is 19.0 Å². The average Bonchev–Trinajstić information content (AvgIpc) is 2.49. The molecule has 2 rings (SSSR count). The number of hydrogen-bond acceptors (Lipinski definition) is 3. The number of anilines is 1. The number of amides is 1. The monoisotopic (exact) mass is 318 g/mol. The number of carbonyl (C=O) groups is 1. The lowest BCUT2D eigenvalue weighted by Crippen LogP contribution is -2.28. The minimum absolute atomic E-state index is 0.129. The van der Waals surface area contributed by atoms with Crippen molar-refractivity contribution in [2.45, 2.75) is 13.5 Å². The van der Waals surface area contributed by atoms with Crippen molar-refractivity contribution in [1.29, 1.82) is 0 Å². The van der Waals surface area contributed by atoms with E-state index in [1.807, 2.05) is 49.4 Å². The molecule has 0 aliphatic heterocycles. The lowest BCUT2D eigenvalue weighted by Gasteiger charge is -2.11. The van der Waals surface area contributed by atoms with Gasteiger partial charge in [-0.2, -0.15) is 0 Å². The maximum Gasteiger partial charge on any atom is 0.238 e. The molecule has 0 bridgehead atoms. The SMILES string of the molecule is COc1ccc(C)cc1NC(=O)CNCc1ccccc1Cl. The predicted octanol–water partition coefficient (Wildman–Crippen LogP) is 3.39. The Labute approximate surface area is 135 Å². The molecule has 0 aliphatic carbocycles. The second kappa shape index (κ2) is 7.82. The number of ether oxygens (including phenoxy) is 1. The van der Waals surface area contributed by atoms with E-state index >= 15 is 0 Å². The zero-order valence-corrected chi connectivity index (χ0v) is 13.4. The zero-order valence-electron chi connectivity index (χ0n) is 12.7. The number of hydrogen-bond donors (Lipinski definition) is 2. The summed E-state index contributed by atoms with van der Waals surface area (Å²) in [6, 6.07) is 13.2. The van der Waals surface area contributed by atoms with E-state index in [1.54, 1.807) is 7.11 Å². The molecule has 0 radical (unpaired) electrons. The Bertz CT molecular complexity index is 659. The van der Waals surface area contributed by atoms with Crippen LogP contribution in [0, 0.1) is 6.92 Å². The van der Waals surface area contributed by atoms with Gasteiger partial charge in [-0.15, -0.1) is 0 Å². The number of carbonyl (C=O) groups excluding carboxylic acids is 1. The highest BCUT2D eigenvalue weighted by atomic mass is 35.5. The molecule has 0 spiro atoms. The fourth-order valence-electron chi connectivity index (χ4n) is 2.07. The summed E-state index contributed by atoms with van der Waals surface area (Å²) in [7, 11) is 1.58. The molecule has 4 nitrogen and oxygen atoms in total. The minimum Gasteiger partial charge on any atom is -0.495 e. The van der Waals surface area contributed by atoms with Crippen LogP contribution in [0.25, 0.3) is 0 Å². The van der Waals surface area contributed by atoms with Crippen LogP contribution in [0.1, 0.15) is 11.1 Å². The third-order valence-electron chi connectivity index (χ3n) is 3.19. The Morgan fingerprint density at radius 3 is 2.73 bits per heavy atom. The number of rotatable bonds is 6. The molecule has 2 N–H and O–H groups in total. The molecule has 0 saturated heterocycles. The van der Waals surface area contributed by atoms with E-state index in [9.17, 15) is 4.79 Å². The topological polar surface area (TPSA) is 50.4 Å². The highest BCUT2D eigenvalue weighted by molar-refractivity contribution is 6.31. The molecule has 0 fully saturated rings. The van der Waals surface area contributed by atoms with Crippen molar-refractivity contribution in [3.8, 4) is 5.75 Å². The molecule has 116 valence electrons. The molecule has 0 heterocycles. The van der Waals surface area contributed by atoms with Crippen LogP contribution in [0.3, 0.4) is 0 Å². The standard InChI is InChI=1S/C17H19ClN2O2/c1-12-7-8-16(22-2)15(9-12)20-17(21)11-19-10-13-5-3-4-6-14(13)18/h3-9,19H,10-11H2,1-2H3,(H,20,21). The summed E-state index contributed by atoms with van der Waals surface area (Å²) in [4.78, 5) is 12.0. The number of nitrogens with one attached hydrogen (secondary N) is 2. The second-order valence-corrected chi connectivity index (χ2v) is 5.35. The van der Waals surface area contributed by atoms with Gasteiger partial charge in [-0.25, -0.2) is 0 Å². The lowest BCUT2D eigenvalue weighted by molar-refractivity contribution is -0.115. The smallest absolute Gasteiger partial charge is 0.238 e. The van der Waals surface area contributed by atoms with E-state index in [0.29, 0.717) is 23.0 Å². The van der Waals surface area contributed by atoms with Gasteiger partial charge in [0.2, 0.25) is 5.91 Å². The van der Waals surface area contributed by atoms with Crippen LogP contribution in [0.5, 0.6) is 5.75 Å². The van der Waals surface area contributed by atoms with Gasteiger partial charge in [-0.1, -0.05) is 35.9 Å². The summed E-state index contributed by atoms with van der Waals surface area (Å²) >= 11 is 6.07. The van der Waals surface area contributed by atoms with Crippen LogP contribution in [0.2, 0.25) is 5.02 Å². The summed E-state index contributed by atoms with van der Waals surface area (Å²) in [6.07, 6.45) is 0. The van der Waals surface area contributed by atoms with Gasteiger partial charge in [-0.3, -0.25) is 4.79 Å². The largest absolute Gasteiger partial charge is 0.495 e. The van der Waals surface area contributed by atoms with E-state index in [0.717, 1.165) is 11.1 Å². The summed E-state index contributed by atoms with van der Waals surface area (Å²) in [6.45, 7) is 2.70. The third-order valence-corrected chi connectivity index (χ3v) is 3.56. The van der Waals surface area contributed by atoms with Crippen molar-refractivity contribution >= 4 is 23.2 Å². The van der Waals surface area contributed by atoms with Crippen molar-refractivity contribution in [3.63, 3.8) is 0 Å². The van der Waals surface area contributed by atoms with Crippen LogP contribution >= 0.6 is 11.6 Å². The van der Waals surface area contributed by atoms with E-state index in [-0.39, 0.29) is 12.5 Å². The Kier molecular flexibility index (Phi) is 5.81. The molecule has 22 heavy (non-hydrogen) atoms. The Balaban J connectivity index is 1.88. The minimum atomic E-state index is -0.129. The molecular formula is C17H19ClN2O2. The van der Waals surface area contributed by atoms with Crippen molar-refractivity contribution in [2.24, 2.45) is 0 Å². The third kappa shape index (κ3) is 4.48. The number of methoxy groups -OCH3 is 1. The van der Waals surface area contributed by atoms with Crippen LogP contribution < -0.4 is 15.4 Å². The highest BCUT2D eigenvalue weighted by Crippen LogP contribution is 2.24. The first kappa shape index (κ1) is 16.3. The maximum atomic E-state index is 12.0. The van der Waals surface area contributed by atoms with Gasteiger partial charge < -0.3 is 15.4 Å². The normalized spacial score (nSPS) is 10.3. The van der Waals surface area contributed by atoms with Crippen molar-refractivity contribution in [1.82, 2.24) is 5.32 Å². The Morgan fingerprint density at radius 1 is 1.23 bits per heavy atom. The number of benzene rings is 2. The fourth-order valence-corrected chi connectivity index (χ4v) is 2.27.